The van der Waals surface area contributed by atoms with Gasteiger partial charge in [-0.05, 0) is 56.8 Å². The topological polar surface area (TPSA) is 59.0 Å². The Hall–Kier alpha value is -1.88. The van der Waals surface area contributed by atoms with E-state index in [0.717, 1.165) is 43.5 Å². The van der Waals surface area contributed by atoms with Gasteiger partial charge in [0.2, 0.25) is 11.9 Å². The van der Waals surface area contributed by atoms with Gasteiger partial charge < -0.3 is 9.88 Å². The number of para-hydroxylation sites is 2. The van der Waals surface area contributed by atoms with Crippen molar-refractivity contribution in [2.24, 2.45) is 5.92 Å². The number of aryl methyl sites for hydroxylation is 1. The summed E-state index contributed by atoms with van der Waals surface area (Å²) in [5.41, 5.74) is 2.03. The summed E-state index contributed by atoms with van der Waals surface area (Å²) < 4.78 is 2.11. The largest absolute Gasteiger partial charge is 0.317 e. The molecular weight excluding hydrogens is 288 g/mol. The van der Waals surface area contributed by atoms with Crippen molar-refractivity contribution in [3.8, 4) is 0 Å². The third-order valence-corrected chi connectivity index (χ3v) is 4.59. The normalized spacial score (nSPS) is 15.9. The van der Waals surface area contributed by atoms with Gasteiger partial charge in [0.25, 0.3) is 0 Å². The van der Waals surface area contributed by atoms with E-state index in [4.69, 9.17) is 0 Å². The van der Waals surface area contributed by atoms with E-state index < -0.39 is 0 Å². The van der Waals surface area contributed by atoms with Crippen LogP contribution in [0.3, 0.4) is 0 Å². The second-order valence-corrected chi connectivity index (χ2v) is 6.36. The van der Waals surface area contributed by atoms with Crippen molar-refractivity contribution in [1.29, 1.82) is 0 Å². The summed E-state index contributed by atoms with van der Waals surface area (Å²) >= 11 is 0. The summed E-state index contributed by atoms with van der Waals surface area (Å²) in [6, 6.07) is 8.04. The van der Waals surface area contributed by atoms with Gasteiger partial charge in [0.1, 0.15) is 0 Å². The predicted octanol–water partition coefficient (Wildman–Crippen LogP) is 3.16. The fourth-order valence-corrected chi connectivity index (χ4v) is 3.31. The Bertz CT molecular complexity index is 658. The van der Waals surface area contributed by atoms with Crippen LogP contribution in [0, 0.1) is 5.92 Å². The molecule has 0 bridgehead atoms. The third-order valence-electron chi connectivity index (χ3n) is 4.59. The first-order chi connectivity index (χ1) is 11.3. The molecule has 1 saturated heterocycles. The fourth-order valence-electron chi connectivity index (χ4n) is 3.31. The average Bonchev–Trinajstić information content (AvgIpc) is 2.92. The van der Waals surface area contributed by atoms with Crippen LogP contribution in [0.15, 0.2) is 24.3 Å². The molecule has 1 amide bonds. The molecule has 124 valence electrons. The van der Waals surface area contributed by atoms with E-state index in [1.54, 1.807) is 0 Å². The van der Waals surface area contributed by atoms with Gasteiger partial charge >= 0.3 is 0 Å². The maximum absolute atomic E-state index is 12.3. The number of hydrogen-bond donors (Lipinski definition) is 2. The van der Waals surface area contributed by atoms with Crippen LogP contribution in [-0.4, -0.2) is 28.5 Å². The molecule has 1 aromatic carbocycles. The van der Waals surface area contributed by atoms with Crippen LogP contribution in [0.1, 0.15) is 39.0 Å². The van der Waals surface area contributed by atoms with Crippen LogP contribution < -0.4 is 10.6 Å². The van der Waals surface area contributed by atoms with E-state index in [-0.39, 0.29) is 5.91 Å². The van der Waals surface area contributed by atoms with Crippen LogP contribution in [-0.2, 0) is 11.3 Å². The molecule has 0 atom stereocenters. The number of nitrogens with zero attached hydrogens (tertiary/aromatic N) is 2. The van der Waals surface area contributed by atoms with E-state index in [1.165, 1.54) is 12.8 Å². The van der Waals surface area contributed by atoms with Crippen molar-refractivity contribution in [3.63, 3.8) is 0 Å². The molecular formula is C18H26N4O. The molecule has 0 unspecified atom stereocenters. The molecule has 0 saturated carbocycles. The fraction of sp³-hybridized carbons (Fsp3) is 0.556. The highest BCUT2D eigenvalue weighted by molar-refractivity contribution is 5.91. The minimum Gasteiger partial charge on any atom is -0.317 e. The lowest BCUT2D eigenvalue weighted by Crippen LogP contribution is -2.28. The number of aromatic nitrogens is 2. The van der Waals surface area contributed by atoms with Crippen LogP contribution in [0.5, 0.6) is 0 Å². The predicted molar refractivity (Wildman–Crippen MR) is 93.5 cm³/mol. The summed E-state index contributed by atoms with van der Waals surface area (Å²) in [5.74, 6) is 1.44. The minimum absolute atomic E-state index is 0.0798. The van der Waals surface area contributed by atoms with Gasteiger partial charge in [-0.25, -0.2) is 4.98 Å². The van der Waals surface area contributed by atoms with Crippen LogP contribution in [0.25, 0.3) is 11.0 Å². The van der Waals surface area contributed by atoms with Crippen LogP contribution in [0.4, 0.5) is 5.95 Å². The Kier molecular flexibility index (Phi) is 5.28. The Morgan fingerprint density at radius 1 is 1.35 bits per heavy atom. The summed E-state index contributed by atoms with van der Waals surface area (Å²) in [6.45, 7) is 5.17. The smallest absolute Gasteiger partial charge is 0.226 e. The number of hydrogen-bond acceptors (Lipinski definition) is 3. The summed E-state index contributed by atoms with van der Waals surface area (Å²) in [4.78, 5) is 16.9. The average molecular weight is 314 g/mol. The summed E-state index contributed by atoms with van der Waals surface area (Å²) in [7, 11) is 0. The molecule has 1 aromatic heterocycles. The van der Waals surface area contributed by atoms with Crippen molar-refractivity contribution in [2.75, 3.05) is 18.4 Å². The molecule has 1 fully saturated rings. The second-order valence-electron chi connectivity index (χ2n) is 6.36. The zero-order valence-electron chi connectivity index (χ0n) is 13.8. The van der Waals surface area contributed by atoms with E-state index >= 15 is 0 Å². The van der Waals surface area contributed by atoms with Gasteiger partial charge in [-0.2, -0.15) is 0 Å². The van der Waals surface area contributed by atoms with Crippen LogP contribution in [0.2, 0.25) is 0 Å². The molecule has 2 N–H and O–H groups in total. The first-order valence-corrected chi connectivity index (χ1v) is 8.73. The van der Waals surface area contributed by atoms with Gasteiger partial charge in [-0.1, -0.05) is 19.1 Å². The Morgan fingerprint density at radius 2 is 2.13 bits per heavy atom. The Labute approximate surface area is 137 Å². The number of rotatable bonds is 6. The Balaban J connectivity index is 1.65. The SMILES string of the molecule is CCCn1c(NC(=O)CCC2CCNCC2)nc2ccccc21. The zero-order chi connectivity index (χ0) is 16.1. The lowest BCUT2D eigenvalue weighted by Gasteiger charge is -2.22. The number of anilines is 1. The molecule has 0 aliphatic carbocycles. The number of carbonyl (C=O) groups excluding carboxylic acids is 1. The highest BCUT2D eigenvalue weighted by Crippen LogP contribution is 2.21. The maximum Gasteiger partial charge on any atom is 0.226 e. The molecule has 0 spiro atoms. The van der Waals surface area contributed by atoms with Gasteiger partial charge in [-0.3, -0.25) is 10.1 Å². The first kappa shape index (κ1) is 16.0. The second kappa shape index (κ2) is 7.59. The Morgan fingerprint density at radius 3 is 2.91 bits per heavy atom. The standard InChI is InChI=1S/C18H26N4O/c1-2-13-22-16-6-4-3-5-15(16)20-18(22)21-17(23)8-7-14-9-11-19-12-10-14/h3-6,14,19H,2,7-13H2,1H3,(H,20,21,23). The summed E-state index contributed by atoms with van der Waals surface area (Å²) in [5, 5.41) is 6.39. The van der Waals surface area contributed by atoms with Gasteiger partial charge in [0.05, 0.1) is 11.0 Å². The van der Waals surface area contributed by atoms with E-state index in [0.29, 0.717) is 18.3 Å². The zero-order valence-corrected chi connectivity index (χ0v) is 13.8. The summed E-state index contributed by atoms with van der Waals surface area (Å²) in [6.07, 6.45) is 4.93. The highest BCUT2D eigenvalue weighted by atomic mass is 16.1. The van der Waals surface area contributed by atoms with Gasteiger partial charge in [0, 0.05) is 13.0 Å². The maximum atomic E-state index is 12.3. The third kappa shape index (κ3) is 3.91. The number of nitrogens with one attached hydrogen (secondary N) is 2. The molecule has 1 aliphatic heterocycles. The number of fused-ring (bicyclic) bond motifs is 1. The van der Waals surface area contributed by atoms with Crippen molar-refractivity contribution >= 4 is 22.9 Å². The first-order valence-electron chi connectivity index (χ1n) is 8.73. The van der Waals surface area contributed by atoms with Crippen molar-refractivity contribution in [1.82, 2.24) is 14.9 Å². The lowest BCUT2D eigenvalue weighted by molar-refractivity contribution is -0.116. The highest BCUT2D eigenvalue weighted by Gasteiger charge is 2.16. The lowest BCUT2D eigenvalue weighted by atomic mass is 9.93. The minimum atomic E-state index is 0.0798. The van der Waals surface area contributed by atoms with E-state index in [1.807, 2.05) is 18.2 Å². The molecule has 1 aliphatic rings. The van der Waals surface area contributed by atoms with Crippen molar-refractivity contribution in [2.45, 2.75) is 45.6 Å². The molecule has 5 heteroatoms. The molecule has 5 nitrogen and oxygen atoms in total. The molecule has 0 radical (unpaired) electrons. The van der Waals surface area contributed by atoms with Crippen molar-refractivity contribution < 1.29 is 4.79 Å². The number of amides is 1. The van der Waals surface area contributed by atoms with Gasteiger partial charge in [0.15, 0.2) is 0 Å². The number of imidazole rings is 1. The molecule has 23 heavy (non-hydrogen) atoms. The number of carbonyl (C=O) groups is 1. The molecule has 2 heterocycles. The monoisotopic (exact) mass is 314 g/mol. The van der Waals surface area contributed by atoms with Crippen molar-refractivity contribution in [3.05, 3.63) is 24.3 Å². The van der Waals surface area contributed by atoms with Crippen LogP contribution >= 0.6 is 0 Å². The van der Waals surface area contributed by atoms with E-state index in [9.17, 15) is 4.79 Å². The van der Waals surface area contributed by atoms with Gasteiger partial charge in [-0.15, -0.1) is 0 Å². The molecule has 3 rings (SSSR count). The quantitative estimate of drug-likeness (QED) is 0.861. The van der Waals surface area contributed by atoms with E-state index in [2.05, 4.69) is 33.2 Å². The number of benzene rings is 1. The molecule has 2 aromatic rings. The number of piperidine rings is 1.